The van der Waals surface area contributed by atoms with Gasteiger partial charge >= 0.3 is 0 Å². The molecule has 1 aromatic heterocycles. The van der Waals surface area contributed by atoms with E-state index >= 15 is 0 Å². The number of oxime groups is 1. The Morgan fingerprint density at radius 3 is 2.72 bits per heavy atom. The maximum absolute atomic E-state index is 9.87. The van der Waals surface area contributed by atoms with Crippen LogP contribution in [0.15, 0.2) is 35.5 Å². The predicted octanol–water partition coefficient (Wildman–Crippen LogP) is 4.55. The van der Waals surface area contributed by atoms with Gasteiger partial charge in [-0.15, -0.1) is 0 Å². The zero-order chi connectivity index (χ0) is 20.8. The van der Waals surface area contributed by atoms with Gasteiger partial charge in [-0.3, -0.25) is 0 Å². The van der Waals surface area contributed by atoms with Crippen molar-refractivity contribution in [3.8, 4) is 11.6 Å². The summed E-state index contributed by atoms with van der Waals surface area (Å²) in [7, 11) is 1.66. The fraction of sp³-hybridized carbons (Fsp3) is 0.478. The first-order valence-electron chi connectivity index (χ1n) is 10.3. The molecule has 0 fully saturated rings. The Balaban J connectivity index is 2.00. The number of nitrogens with zero attached hydrogens (tertiary/aromatic N) is 3. The molecule has 1 aliphatic carbocycles. The Morgan fingerprint density at radius 1 is 1.21 bits per heavy atom. The Bertz CT molecular complexity index is 864. The standard InChI is InChI=1S/C23H31N3O3/c1-16(2)26(14-15-28-4)22(25-27)20-13-12-17(3)24-23(20)29-21-11-7-9-18-8-5-6-10-19(18)21/h7,9,11-13,16,27H,5-6,8,10,14-15H2,1-4H3/b25-22-. The first-order chi connectivity index (χ1) is 14.0. The fourth-order valence-corrected chi connectivity index (χ4v) is 3.79. The Morgan fingerprint density at radius 2 is 2.00 bits per heavy atom. The predicted molar refractivity (Wildman–Crippen MR) is 114 cm³/mol. The van der Waals surface area contributed by atoms with Gasteiger partial charge in [0.15, 0.2) is 5.84 Å². The summed E-state index contributed by atoms with van der Waals surface area (Å²) in [4.78, 5) is 6.63. The average Bonchev–Trinajstić information content (AvgIpc) is 2.72. The van der Waals surface area contributed by atoms with Gasteiger partial charge in [0.2, 0.25) is 5.88 Å². The van der Waals surface area contributed by atoms with Crippen LogP contribution in [-0.2, 0) is 17.6 Å². The molecule has 0 bridgehead atoms. The maximum Gasteiger partial charge on any atom is 0.230 e. The summed E-state index contributed by atoms with van der Waals surface area (Å²) in [5.41, 5.74) is 4.12. The van der Waals surface area contributed by atoms with Gasteiger partial charge in [-0.1, -0.05) is 17.3 Å². The molecule has 6 heteroatoms. The molecule has 0 atom stereocenters. The van der Waals surface area contributed by atoms with E-state index in [4.69, 9.17) is 9.47 Å². The third-order valence-corrected chi connectivity index (χ3v) is 5.33. The molecule has 156 valence electrons. The molecule has 1 aliphatic rings. The highest BCUT2D eigenvalue weighted by atomic mass is 16.5. The third-order valence-electron chi connectivity index (χ3n) is 5.33. The van der Waals surface area contributed by atoms with Crippen molar-refractivity contribution < 1.29 is 14.7 Å². The van der Waals surface area contributed by atoms with Crippen molar-refractivity contribution in [3.63, 3.8) is 0 Å². The van der Waals surface area contributed by atoms with E-state index in [2.05, 4.69) is 30.1 Å². The number of aromatic nitrogens is 1. The molecular formula is C23H31N3O3. The molecule has 1 N–H and O–H groups in total. The molecular weight excluding hydrogens is 366 g/mol. The minimum absolute atomic E-state index is 0.120. The van der Waals surface area contributed by atoms with Crippen LogP contribution in [0.3, 0.4) is 0 Å². The number of hydrogen-bond donors (Lipinski definition) is 1. The lowest BCUT2D eigenvalue weighted by molar-refractivity contribution is 0.164. The largest absolute Gasteiger partial charge is 0.438 e. The van der Waals surface area contributed by atoms with E-state index in [1.165, 1.54) is 24.0 Å². The van der Waals surface area contributed by atoms with Gasteiger partial charge in [0, 0.05) is 25.4 Å². The SMILES string of the molecule is COCCN(/C(=N\O)c1ccc(C)nc1Oc1cccc2c1CCCC2)C(C)C. The van der Waals surface area contributed by atoms with E-state index in [0.29, 0.717) is 30.4 Å². The van der Waals surface area contributed by atoms with Crippen LogP contribution >= 0.6 is 0 Å². The van der Waals surface area contributed by atoms with Crippen molar-refractivity contribution in [1.82, 2.24) is 9.88 Å². The van der Waals surface area contributed by atoms with E-state index in [0.717, 1.165) is 24.3 Å². The summed E-state index contributed by atoms with van der Waals surface area (Å²) in [6.07, 6.45) is 4.49. The molecule has 0 unspecified atom stereocenters. The molecule has 3 rings (SSSR count). The molecule has 0 radical (unpaired) electrons. The Hall–Kier alpha value is -2.60. The topological polar surface area (TPSA) is 67.2 Å². The van der Waals surface area contributed by atoms with Crippen LogP contribution in [0.25, 0.3) is 0 Å². The second kappa shape index (κ2) is 9.74. The molecule has 0 spiro atoms. The number of methoxy groups -OCH3 is 1. The summed E-state index contributed by atoms with van der Waals surface area (Å²) in [5, 5.41) is 13.5. The van der Waals surface area contributed by atoms with E-state index in [9.17, 15) is 5.21 Å². The molecule has 2 aromatic rings. The number of pyridine rings is 1. The van der Waals surface area contributed by atoms with Gasteiger partial charge in [-0.05, 0) is 75.8 Å². The quantitative estimate of drug-likeness (QED) is 0.321. The highest BCUT2D eigenvalue weighted by Crippen LogP contribution is 2.33. The molecule has 29 heavy (non-hydrogen) atoms. The van der Waals surface area contributed by atoms with Gasteiger partial charge < -0.3 is 19.6 Å². The van der Waals surface area contributed by atoms with E-state index in [-0.39, 0.29) is 6.04 Å². The molecule has 0 saturated heterocycles. The van der Waals surface area contributed by atoms with Crippen LogP contribution in [0.1, 0.15) is 49.1 Å². The zero-order valence-electron chi connectivity index (χ0n) is 17.8. The van der Waals surface area contributed by atoms with Crippen molar-refractivity contribution in [1.29, 1.82) is 0 Å². The first kappa shape index (κ1) is 21.1. The number of aryl methyl sites for hydroxylation is 2. The van der Waals surface area contributed by atoms with Gasteiger partial charge in [0.05, 0.1) is 12.2 Å². The molecule has 1 aromatic carbocycles. The lowest BCUT2D eigenvalue weighted by Crippen LogP contribution is -2.40. The lowest BCUT2D eigenvalue weighted by atomic mass is 9.91. The second-order valence-electron chi connectivity index (χ2n) is 7.71. The van der Waals surface area contributed by atoms with Crippen molar-refractivity contribution in [3.05, 3.63) is 52.7 Å². The summed E-state index contributed by atoms with van der Waals surface area (Å²) in [6.45, 7) is 7.16. The van der Waals surface area contributed by atoms with Crippen molar-refractivity contribution >= 4 is 5.84 Å². The van der Waals surface area contributed by atoms with E-state index < -0.39 is 0 Å². The van der Waals surface area contributed by atoms with Crippen LogP contribution in [0.5, 0.6) is 11.6 Å². The zero-order valence-corrected chi connectivity index (χ0v) is 17.8. The smallest absolute Gasteiger partial charge is 0.230 e. The number of ether oxygens (including phenoxy) is 2. The monoisotopic (exact) mass is 397 g/mol. The van der Waals surface area contributed by atoms with Crippen molar-refractivity contribution in [2.45, 2.75) is 52.5 Å². The number of rotatable bonds is 7. The summed E-state index contributed by atoms with van der Waals surface area (Å²) >= 11 is 0. The van der Waals surface area contributed by atoms with E-state index in [1.54, 1.807) is 7.11 Å². The van der Waals surface area contributed by atoms with E-state index in [1.807, 2.05) is 36.1 Å². The number of amidine groups is 1. The van der Waals surface area contributed by atoms with Crippen LogP contribution < -0.4 is 4.74 Å². The number of benzene rings is 1. The third kappa shape index (κ3) is 4.88. The van der Waals surface area contributed by atoms with Crippen LogP contribution in [0.2, 0.25) is 0 Å². The maximum atomic E-state index is 9.87. The minimum atomic E-state index is 0.120. The molecule has 0 amide bonds. The van der Waals surface area contributed by atoms with Crippen molar-refractivity contribution in [2.75, 3.05) is 20.3 Å². The Labute approximate surface area is 173 Å². The van der Waals surface area contributed by atoms with Gasteiger partial charge in [-0.25, -0.2) is 4.98 Å². The number of fused-ring (bicyclic) bond motifs is 1. The van der Waals surface area contributed by atoms with Gasteiger partial charge in [-0.2, -0.15) is 0 Å². The average molecular weight is 398 g/mol. The van der Waals surface area contributed by atoms with Gasteiger partial charge in [0.1, 0.15) is 5.75 Å². The Kier molecular flexibility index (Phi) is 7.09. The number of hydrogen-bond acceptors (Lipinski definition) is 5. The fourth-order valence-electron chi connectivity index (χ4n) is 3.79. The molecule has 6 nitrogen and oxygen atoms in total. The van der Waals surface area contributed by atoms with Crippen LogP contribution in [-0.4, -0.2) is 47.2 Å². The van der Waals surface area contributed by atoms with Crippen LogP contribution in [0, 0.1) is 6.92 Å². The lowest BCUT2D eigenvalue weighted by Gasteiger charge is -2.29. The molecule has 1 heterocycles. The van der Waals surface area contributed by atoms with Crippen molar-refractivity contribution in [2.24, 2.45) is 5.16 Å². The highest BCUT2D eigenvalue weighted by Gasteiger charge is 2.23. The minimum Gasteiger partial charge on any atom is -0.438 e. The summed E-state index contributed by atoms with van der Waals surface area (Å²) in [5.74, 6) is 1.73. The molecule has 0 saturated carbocycles. The highest BCUT2D eigenvalue weighted by molar-refractivity contribution is 6.00. The van der Waals surface area contributed by atoms with Gasteiger partial charge in [0.25, 0.3) is 0 Å². The summed E-state index contributed by atoms with van der Waals surface area (Å²) in [6, 6.07) is 10.1. The first-order valence-corrected chi connectivity index (χ1v) is 10.3. The second-order valence-corrected chi connectivity index (χ2v) is 7.71. The summed E-state index contributed by atoms with van der Waals surface area (Å²) < 4.78 is 11.6. The molecule has 0 aliphatic heterocycles. The normalized spacial score (nSPS) is 14.0. The van der Waals surface area contributed by atoms with Crippen LogP contribution in [0.4, 0.5) is 0 Å².